The van der Waals surface area contributed by atoms with Crippen molar-refractivity contribution in [3.63, 3.8) is 0 Å². The van der Waals surface area contributed by atoms with Gasteiger partial charge in [-0.1, -0.05) is 0 Å². The van der Waals surface area contributed by atoms with Crippen molar-refractivity contribution >= 4 is 17.8 Å². The Balaban J connectivity index is 2.67. The molecule has 1 saturated heterocycles. The van der Waals surface area contributed by atoms with Crippen LogP contribution in [0.25, 0.3) is 0 Å². The van der Waals surface area contributed by atoms with E-state index in [0.717, 1.165) is 0 Å². The van der Waals surface area contributed by atoms with Crippen LogP contribution in [0.5, 0.6) is 0 Å². The largest absolute Gasteiger partial charge is 0.480 e. The Morgan fingerprint density at radius 3 is 2.60 bits per heavy atom. The van der Waals surface area contributed by atoms with E-state index in [1.54, 1.807) is 0 Å². The lowest BCUT2D eigenvalue weighted by atomic mass is 10.1. The lowest BCUT2D eigenvalue weighted by Crippen LogP contribution is -2.50. The number of hydrogen-bond acceptors (Lipinski definition) is 5. The lowest BCUT2D eigenvalue weighted by Gasteiger charge is -2.24. The van der Waals surface area contributed by atoms with E-state index in [9.17, 15) is 19.5 Å². The van der Waals surface area contributed by atoms with Crippen LogP contribution in [0.15, 0.2) is 0 Å². The number of rotatable bonds is 6. The first-order valence-corrected chi connectivity index (χ1v) is 6.55. The number of hydrogen-bond donors (Lipinski definition) is 4. The molecule has 1 rings (SSSR count). The molecule has 0 aromatic heterocycles. The van der Waals surface area contributed by atoms with Gasteiger partial charge in [0.05, 0.1) is 6.10 Å². The number of carboxylic acid groups (broad SMARTS) is 1. The molecule has 0 aromatic rings. The minimum absolute atomic E-state index is 0.0912. The fraction of sp³-hybridized carbons (Fsp3) is 0.750. The van der Waals surface area contributed by atoms with Gasteiger partial charge in [-0.3, -0.25) is 9.59 Å². The normalized spacial score (nSPS) is 23.4. The highest BCUT2D eigenvalue weighted by molar-refractivity contribution is 5.90. The molecule has 0 bridgehead atoms. The summed E-state index contributed by atoms with van der Waals surface area (Å²) in [5, 5.41) is 21.0. The number of likely N-dealkylation sites (tertiary alicyclic amines) is 1. The highest BCUT2D eigenvalue weighted by Crippen LogP contribution is 2.18. The van der Waals surface area contributed by atoms with E-state index in [-0.39, 0.29) is 25.3 Å². The zero-order chi connectivity index (χ0) is 15.3. The summed E-state index contributed by atoms with van der Waals surface area (Å²) < 4.78 is 0. The molecule has 2 amide bonds. The number of nitrogens with two attached hydrogens (primary N) is 1. The van der Waals surface area contributed by atoms with E-state index in [2.05, 4.69) is 5.32 Å². The molecule has 0 aromatic carbocycles. The number of aliphatic hydroxyl groups excluding tert-OH is 1. The minimum atomic E-state index is -1.14. The molecule has 3 unspecified atom stereocenters. The van der Waals surface area contributed by atoms with Crippen molar-refractivity contribution in [3.05, 3.63) is 0 Å². The lowest BCUT2D eigenvalue weighted by molar-refractivity contribution is -0.143. The Morgan fingerprint density at radius 2 is 2.10 bits per heavy atom. The Morgan fingerprint density at radius 1 is 1.45 bits per heavy atom. The molecule has 114 valence electrons. The number of aliphatic hydroxyl groups is 1. The molecule has 0 aliphatic carbocycles. The topological polar surface area (TPSA) is 133 Å². The summed E-state index contributed by atoms with van der Waals surface area (Å²) in [7, 11) is 0. The molecule has 1 aliphatic heterocycles. The first-order chi connectivity index (χ1) is 9.36. The van der Waals surface area contributed by atoms with Crippen molar-refractivity contribution in [2.45, 2.75) is 44.4 Å². The fourth-order valence-corrected chi connectivity index (χ4v) is 2.26. The van der Waals surface area contributed by atoms with Gasteiger partial charge in [-0.15, -0.1) is 0 Å². The van der Waals surface area contributed by atoms with Crippen molar-refractivity contribution < 1.29 is 24.6 Å². The van der Waals surface area contributed by atoms with E-state index < -0.39 is 30.1 Å². The van der Waals surface area contributed by atoms with E-state index in [1.807, 2.05) is 0 Å². The Labute approximate surface area is 116 Å². The van der Waals surface area contributed by atoms with Crippen LogP contribution in [0.2, 0.25) is 0 Å². The van der Waals surface area contributed by atoms with Crippen LogP contribution in [-0.4, -0.2) is 64.2 Å². The second-order valence-corrected chi connectivity index (χ2v) is 4.91. The molecule has 20 heavy (non-hydrogen) atoms. The van der Waals surface area contributed by atoms with Crippen LogP contribution < -0.4 is 11.1 Å². The monoisotopic (exact) mass is 287 g/mol. The average molecular weight is 287 g/mol. The van der Waals surface area contributed by atoms with Crippen LogP contribution in [0, 0.1) is 0 Å². The van der Waals surface area contributed by atoms with Crippen molar-refractivity contribution in [1.82, 2.24) is 10.2 Å². The molecule has 1 aliphatic rings. The van der Waals surface area contributed by atoms with Gasteiger partial charge < -0.3 is 26.2 Å². The van der Waals surface area contributed by atoms with Crippen LogP contribution in [0.1, 0.15) is 26.2 Å². The van der Waals surface area contributed by atoms with Gasteiger partial charge in [-0.05, 0) is 19.4 Å². The van der Waals surface area contributed by atoms with Crippen molar-refractivity contribution in [2.24, 2.45) is 5.73 Å². The quantitative estimate of drug-likeness (QED) is 0.459. The number of nitrogens with zero attached hydrogens (tertiary/aromatic N) is 1. The molecule has 8 nitrogen and oxygen atoms in total. The molecule has 3 atom stereocenters. The maximum absolute atomic E-state index is 12.1. The van der Waals surface area contributed by atoms with E-state index in [0.29, 0.717) is 13.0 Å². The van der Waals surface area contributed by atoms with Crippen molar-refractivity contribution in [1.29, 1.82) is 0 Å². The number of carbonyl (C=O) groups excluding carboxylic acids is 2. The van der Waals surface area contributed by atoms with Crippen LogP contribution >= 0.6 is 0 Å². The molecule has 1 heterocycles. The number of carbonyl (C=O) groups is 3. The van der Waals surface area contributed by atoms with Gasteiger partial charge in [-0.25, -0.2) is 4.79 Å². The molecule has 5 N–H and O–H groups in total. The summed E-state index contributed by atoms with van der Waals surface area (Å²) in [6, 6.07) is -1.85. The minimum Gasteiger partial charge on any atom is -0.480 e. The Hall–Kier alpha value is -1.67. The molecule has 0 radical (unpaired) electrons. The number of carboxylic acids is 1. The fourth-order valence-electron chi connectivity index (χ4n) is 2.26. The van der Waals surface area contributed by atoms with Gasteiger partial charge >= 0.3 is 5.97 Å². The number of aliphatic carboxylic acids is 1. The third kappa shape index (κ3) is 4.17. The number of β-amino-alcohol motifs (C(OH)–C–C–N with tert-alkyl or cyclic N) is 1. The second-order valence-electron chi connectivity index (χ2n) is 4.91. The zero-order valence-corrected chi connectivity index (χ0v) is 11.4. The second kappa shape index (κ2) is 7.20. The molecular weight excluding hydrogens is 266 g/mol. The van der Waals surface area contributed by atoms with Crippen molar-refractivity contribution in [2.75, 3.05) is 13.1 Å². The van der Waals surface area contributed by atoms with E-state index in [4.69, 9.17) is 10.8 Å². The van der Waals surface area contributed by atoms with Gasteiger partial charge in [0.25, 0.3) is 0 Å². The standard InChI is InChI=1S/C12H21N3O5/c1-7(16)15-6-8(17)5-10(15)11(18)14-9(12(19)20)3-2-4-13/h8-10,17H,2-6,13H2,1H3,(H,14,18)(H,19,20). The summed E-state index contributed by atoms with van der Waals surface area (Å²) in [5.74, 6) is -2.02. The number of nitrogens with one attached hydrogen (secondary N) is 1. The third-order valence-electron chi connectivity index (χ3n) is 3.30. The number of amides is 2. The SMILES string of the molecule is CC(=O)N1CC(O)CC1C(=O)NC(CCCN)C(=O)O. The van der Waals surface area contributed by atoms with Gasteiger partial charge in [0.2, 0.25) is 11.8 Å². The first kappa shape index (κ1) is 16.4. The molecule has 0 saturated carbocycles. The summed E-state index contributed by atoms with van der Waals surface area (Å²) >= 11 is 0. The maximum atomic E-state index is 12.1. The van der Waals surface area contributed by atoms with Crippen LogP contribution in [0.4, 0.5) is 0 Å². The Kier molecular flexibility index (Phi) is 5.90. The smallest absolute Gasteiger partial charge is 0.326 e. The van der Waals surface area contributed by atoms with E-state index >= 15 is 0 Å². The summed E-state index contributed by atoms with van der Waals surface area (Å²) in [5.41, 5.74) is 5.32. The average Bonchev–Trinajstić information content (AvgIpc) is 2.76. The van der Waals surface area contributed by atoms with Gasteiger partial charge in [0.15, 0.2) is 0 Å². The highest BCUT2D eigenvalue weighted by Gasteiger charge is 2.38. The summed E-state index contributed by atoms with van der Waals surface area (Å²) in [6.45, 7) is 1.73. The van der Waals surface area contributed by atoms with E-state index in [1.165, 1.54) is 11.8 Å². The molecule has 1 fully saturated rings. The third-order valence-corrected chi connectivity index (χ3v) is 3.30. The maximum Gasteiger partial charge on any atom is 0.326 e. The van der Waals surface area contributed by atoms with Gasteiger partial charge in [-0.2, -0.15) is 0 Å². The predicted octanol–water partition coefficient (Wildman–Crippen LogP) is -1.72. The van der Waals surface area contributed by atoms with Crippen molar-refractivity contribution in [3.8, 4) is 0 Å². The van der Waals surface area contributed by atoms with Gasteiger partial charge in [0.1, 0.15) is 12.1 Å². The molecule has 8 heteroatoms. The highest BCUT2D eigenvalue weighted by atomic mass is 16.4. The summed E-state index contributed by atoms with van der Waals surface area (Å²) in [6.07, 6.45) is 0.0599. The van der Waals surface area contributed by atoms with Crippen LogP contribution in [0.3, 0.4) is 0 Å². The molecular formula is C12H21N3O5. The first-order valence-electron chi connectivity index (χ1n) is 6.55. The molecule has 0 spiro atoms. The van der Waals surface area contributed by atoms with Crippen LogP contribution in [-0.2, 0) is 14.4 Å². The predicted molar refractivity (Wildman–Crippen MR) is 69.7 cm³/mol. The Bertz CT molecular complexity index is 387. The zero-order valence-electron chi connectivity index (χ0n) is 11.4. The van der Waals surface area contributed by atoms with Gasteiger partial charge in [0, 0.05) is 19.9 Å². The summed E-state index contributed by atoms with van der Waals surface area (Å²) in [4.78, 5) is 35.8.